The van der Waals surface area contributed by atoms with Crippen LogP contribution in [0.15, 0.2) is 23.2 Å². The fraction of sp³-hybridized carbons (Fsp3) is 0.588. The number of aliphatic imine (C=N–C) groups is 1. The lowest BCUT2D eigenvalue weighted by Crippen LogP contribution is -2.26. The quantitative estimate of drug-likeness (QED) is 0.646. The second-order valence-corrected chi connectivity index (χ2v) is 5.58. The van der Waals surface area contributed by atoms with E-state index in [1.807, 2.05) is 18.2 Å². The summed E-state index contributed by atoms with van der Waals surface area (Å²) in [7, 11) is 3.30. The highest BCUT2D eigenvalue weighted by molar-refractivity contribution is 5.82. The average Bonchev–Trinajstić information content (AvgIpc) is 2.55. The molecule has 1 aliphatic rings. The smallest absolute Gasteiger partial charge is 0.160 e. The number of nitrogens with two attached hydrogens (primary N) is 1. The molecule has 0 amide bonds. The molecule has 116 valence electrons. The summed E-state index contributed by atoms with van der Waals surface area (Å²) in [4.78, 5) is 4.56. The van der Waals surface area contributed by atoms with Crippen LogP contribution in [0.3, 0.4) is 0 Å². The first kappa shape index (κ1) is 15.7. The van der Waals surface area contributed by atoms with Crippen molar-refractivity contribution in [2.45, 2.75) is 38.5 Å². The molecular formula is C17H26N2O2. The van der Waals surface area contributed by atoms with Crippen LogP contribution in [0.1, 0.15) is 37.7 Å². The van der Waals surface area contributed by atoms with Crippen molar-refractivity contribution in [2.75, 3.05) is 20.8 Å². The van der Waals surface area contributed by atoms with E-state index < -0.39 is 0 Å². The van der Waals surface area contributed by atoms with Crippen molar-refractivity contribution in [3.63, 3.8) is 0 Å². The molecular weight excluding hydrogens is 264 g/mol. The molecule has 1 aliphatic carbocycles. The van der Waals surface area contributed by atoms with E-state index >= 15 is 0 Å². The lowest BCUT2D eigenvalue weighted by Gasteiger charge is -2.20. The topological polar surface area (TPSA) is 56.8 Å². The number of nitrogens with zero attached hydrogens (tertiary/aromatic N) is 1. The molecule has 21 heavy (non-hydrogen) atoms. The first-order chi connectivity index (χ1) is 10.2. The van der Waals surface area contributed by atoms with E-state index in [0.717, 1.165) is 30.3 Å². The van der Waals surface area contributed by atoms with Crippen LogP contribution >= 0.6 is 0 Å². The van der Waals surface area contributed by atoms with E-state index in [-0.39, 0.29) is 0 Å². The fourth-order valence-electron chi connectivity index (χ4n) is 2.88. The Labute approximate surface area is 127 Å². The Bertz CT molecular complexity index is 480. The van der Waals surface area contributed by atoms with Gasteiger partial charge in [0.2, 0.25) is 0 Å². The Morgan fingerprint density at radius 1 is 1.14 bits per heavy atom. The van der Waals surface area contributed by atoms with Crippen LogP contribution in [0.4, 0.5) is 0 Å². The minimum Gasteiger partial charge on any atom is -0.493 e. The number of amidine groups is 1. The van der Waals surface area contributed by atoms with Crippen molar-refractivity contribution in [2.24, 2.45) is 16.6 Å². The number of benzene rings is 1. The molecule has 0 saturated heterocycles. The summed E-state index contributed by atoms with van der Waals surface area (Å²) >= 11 is 0. The van der Waals surface area contributed by atoms with Gasteiger partial charge in [0, 0.05) is 12.5 Å². The van der Waals surface area contributed by atoms with Crippen LogP contribution < -0.4 is 15.2 Å². The van der Waals surface area contributed by atoms with Gasteiger partial charge in [0.25, 0.3) is 0 Å². The second kappa shape index (κ2) is 7.91. The molecule has 1 fully saturated rings. The summed E-state index contributed by atoms with van der Waals surface area (Å²) in [6.45, 7) is 0.734. The predicted molar refractivity (Wildman–Crippen MR) is 86.3 cm³/mol. The normalized spacial score (nSPS) is 16.8. The molecule has 2 rings (SSSR count). The van der Waals surface area contributed by atoms with Gasteiger partial charge in [-0.05, 0) is 37.0 Å². The summed E-state index contributed by atoms with van der Waals surface area (Å²) in [5, 5.41) is 0. The Morgan fingerprint density at radius 2 is 1.86 bits per heavy atom. The third-order valence-corrected chi connectivity index (χ3v) is 4.17. The Hall–Kier alpha value is -1.71. The number of rotatable bonds is 6. The van der Waals surface area contributed by atoms with Crippen LogP contribution in [-0.2, 0) is 6.42 Å². The highest BCUT2D eigenvalue weighted by atomic mass is 16.5. The zero-order valence-electron chi connectivity index (χ0n) is 13.1. The number of hydrogen-bond acceptors (Lipinski definition) is 3. The summed E-state index contributed by atoms with van der Waals surface area (Å²) < 4.78 is 10.6. The maximum absolute atomic E-state index is 6.12. The van der Waals surface area contributed by atoms with E-state index in [1.165, 1.54) is 37.7 Å². The molecule has 1 aromatic carbocycles. The molecule has 0 bridgehead atoms. The summed E-state index contributed by atoms with van der Waals surface area (Å²) in [5.41, 5.74) is 7.31. The largest absolute Gasteiger partial charge is 0.493 e. The van der Waals surface area contributed by atoms with Gasteiger partial charge in [-0.1, -0.05) is 25.3 Å². The molecule has 2 N–H and O–H groups in total. The van der Waals surface area contributed by atoms with Crippen LogP contribution in [0.2, 0.25) is 0 Å². The highest BCUT2D eigenvalue weighted by Gasteiger charge is 2.16. The van der Waals surface area contributed by atoms with Crippen molar-refractivity contribution in [1.82, 2.24) is 0 Å². The summed E-state index contributed by atoms with van der Waals surface area (Å²) in [5.74, 6) is 2.87. The Kier molecular flexibility index (Phi) is 5.90. The van der Waals surface area contributed by atoms with Crippen LogP contribution in [0.5, 0.6) is 11.5 Å². The van der Waals surface area contributed by atoms with Gasteiger partial charge >= 0.3 is 0 Å². The van der Waals surface area contributed by atoms with Gasteiger partial charge < -0.3 is 15.2 Å². The maximum Gasteiger partial charge on any atom is 0.160 e. The maximum atomic E-state index is 6.12. The van der Waals surface area contributed by atoms with Gasteiger partial charge in [0.15, 0.2) is 11.5 Å². The van der Waals surface area contributed by atoms with E-state index in [0.29, 0.717) is 5.92 Å². The third kappa shape index (κ3) is 4.38. The van der Waals surface area contributed by atoms with Crippen molar-refractivity contribution >= 4 is 5.84 Å². The molecule has 0 spiro atoms. The van der Waals surface area contributed by atoms with Crippen LogP contribution in [-0.4, -0.2) is 26.6 Å². The molecule has 0 radical (unpaired) electrons. The van der Waals surface area contributed by atoms with E-state index in [9.17, 15) is 0 Å². The monoisotopic (exact) mass is 290 g/mol. The van der Waals surface area contributed by atoms with Crippen molar-refractivity contribution in [3.8, 4) is 11.5 Å². The van der Waals surface area contributed by atoms with Crippen LogP contribution in [0, 0.1) is 5.92 Å². The van der Waals surface area contributed by atoms with Gasteiger partial charge in [-0.2, -0.15) is 0 Å². The van der Waals surface area contributed by atoms with Gasteiger partial charge in [-0.15, -0.1) is 0 Å². The van der Waals surface area contributed by atoms with E-state index in [4.69, 9.17) is 15.2 Å². The van der Waals surface area contributed by atoms with E-state index in [1.54, 1.807) is 14.2 Å². The number of methoxy groups -OCH3 is 2. The lowest BCUT2D eigenvalue weighted by molar-refractivity contribution is 0.354. The Morgan fingerprint density at radius 3 is 2.52 bits per heavy atom. The van der Waals surface area contributed by atoms with Crippen molar-refractivity contribution < 1.29 is 9.47 Å². The second-order valence-electron chi connectivity index (χ2n) is 5.58. The SMILES string of the molecule is COc1ccc(CCN=C(N)C2CCCCC2)cc1OC. The van der Waals surface area contributed by atoms with Gasteiger partial charge in [0.1, 0.15) is 0 Å². The van der Waals surface area contributed by atoms with Crippen LogP contribution in [0.25, 0.3) is 0 Å². The molecule has 1 saturated carbocycles. The van der Waals surface area contributed by atoms with Crippen molar-refractivity contribution in [3.05, 3.63) is 23.8 Å². The molecule has 0 atom stereocenters. The van der Waals surface area contributed by atoms with Gasteiger partial charge in [-0.3, -0.25) is 4.99 Å². The predicted octanol–water partition coefficient (Wildman–Crippen LogP) is 3.18. The minimum atomic E-state index is 0.504. The number of hydrogen-bond donors (Lipinski definition) is 1. The lowest BCUT2D eigenvalue weighted by atomic mass is 9.88. The molecule has 1 aromatic rings. The first-order valence-electron chi connectivity index (χ1n) is 7.75. The van der Waals surface area contributed by atoms with Crippen molar-refractivity contribution in [1.29, 1.82) is 0 Å². The highest BCUT2D eigenvalue weighted by Crippen LogP contribution is 2.28. The molecule has 0 heterocycles. The molecule has 0 aromatic heterocycles. The average molecular weight is 290 g/mol. The minimum absolute atomic E-state index is 0.504. The third-order valence-electron chi connectivity index (χ3n) is 4.17. The summed E-state index contributed by atoms with van der Waals surface area (Å²) in [6, 6.07) is 5.99. The van der Waals surface area contributed by atoms with E-state index in [2.05, 4.69) is 4.99 Å². The zero-order chi connectivity index (χ0) is 15.1. The zero-order valence-corrected chi connectivity index (χ0v) is 13.1. The van der Waals surface area contributed by atoms with Gasteiger partial charge in [0.05, 0.1) is 20.1 Å². The Balaban J connectivity index is 1.90. The number of ether oxygens (including phenoxy) is 2. The standard InChI is InChI=1S/C17H26N2O2/c1-20-15-9-8-13(12-16(15)21-2)10-11-19-17(18)14-6-4-3-5-7-14/h8-9,12,14H,3-7,10-11H2,1-2H3,(H2,18,19). The molecule has 4 nitrogen and oxygen atoms in total. The fourth-order valence-corrected chi connectivity index (χ4v) is 2.88. The summed E-state index contributed by atoms with van der Waals surface area (Å²) in [6.07, 6.45) is 7.19. The molecule has 0 unspecified atom stereocenters. The molecule has 4 heteroatoms. The molecule has 0 aliphatic heterocycles. The van der Waals surface area contributed by atoms with Gasteiger partial charge in [-0.25, -0.2) is 0 Å². The first-order valence-corrected chi connectivity index (χ1v) is 7.75.